The van der Waals surface area contributed by atoms with Crippen molar-refractivity contribution in [2.75, 3.05) is 6.61 Å². The molecule has 0 fully saturated rings. The van der Waals surface area contributed by atoms with Crippen molar-refractivity contribution in [1.29, 1.82) is 0 Å². The maximum absolute atomic E-state index is 13.1. The van der Waals surface area contributed by atoms with Crippen molar-refractivity contribution >= 4 is 11.8 Å². The molecular formula is C24H20O6. The van der Waals surface area contributed by atoms with E-state index in [1.807, 2.05) is 13.0 Å². The zero-order valence-corrected chi connectivity index (χ0v) is 16.3. The second-order valence-corrected chi connectivity index (χ2v) is 6.89. The van der Waals surface area contributed by atoms with E-state index < -0.39 is 18.4 Å². The summed E-state index contributed by atoms with van der Waals surface area (Å²) in [5, 5.41) is 9.96. The number of aryl methyl sites for hydroxylation is 1. The Balaban J connectivity index is 1.72. The largest absolute Gasteiger partial charge is 0.425 e. The summed E-state index contributed by atoms with van der Waals surface area (Å²) in [4.78, 5) is 30.3. The minimum atomic E-state index is -1.83. The number of carbonyl (C=O) groups is 2. The molecule has 0 radical (unpaired) electrons. The van der Waals surface area contributed by atoms with Crippen LogP contribution in [0.3, 0.4) is 0 Å². The van der Waals surface area contributed by atoms with Crippen molar-refractivity contribution in [2.24, 2.45) is 0 Å². The van der Waals surface area contributed by atoms with Gasteiger partial charge < -0.3 is 9.47 Å². The fourth-order valence-electron chi connectivity index (χ4n) is 3.63. The molecule has 1 N–H and O–H groups in total. The fourth-order valence-corrected chi connectivity index (χ4v) is 3.63. The molecule has 0 heterocycles. The van der Waals surface area contributed by atoms with E-state index in [1.165, 1.54) is 0 Å². The third-order valence-electron chi connectivity index (χ3n) is 5.11. The normalized spacial score (nSPS) is 17.2. The molecule has 0 bridgehead atoms. The van der Waals surface area contributed by atoms with Crippen LogP contribution in [-0.4, -0.2) is 23.6 Å². The molecule has 3 aromatic carbocycles. The van der Waals surface area contributed by atoms with Crippen LogP contribution in [0.1, 0.15) is 39.5 Å². The van der Waals surface area contributed by atoms with Crippen LogP contribution in [-0.2, 0) is 26.6 Å². The molecule has 1 aliphatic carbocycles. The minimum absolute atomic E-state index is 0.195. The first kappa shape index (κ1) is 20.0. The Kier molecular flexibility index (Phi) is 5.46. The molecule has 1 unspecified atom stereocenters. The summed E-state index contributed by atoms with van der Waals surface area (Å²) in [5.41, 5.74) is 2.30. The lowest BCUT2D eigenvalue weighted by molar-refractivity contribution is -0.394. The van der Waals surface area contributed by atoms with E-state index in [-0.39, 0.29) is 5.78 Å². The first-order valence-corrected chi connectivity index (χ1v) is 9.59. The zero-order valence-electron chi connectivity index (χ0n) is 16.3. The predicted molar refractivity (Wildman–Crippen MR) is 108 cm³/mol. The molecule has 3 aromatic rings. The number of hydrogen-bond acceptors (Lipinski definition) is 6. The molecule has 30 heavy (non-hydrogen) atoms. The van der Waals surface area contributed by atoms with Crippen LogP contribution in [0.25, 0.3) is 0 Å². The van der Waals surface area contributed by atoms with Gasteiger partial charge in [-0.05, 0) is 30.2 Å². The Morgan fingerprint density at radius 3 is 2.37 bits per heavy atom. The second kappa shape index (κ2) is 8.20. The average molecular weight is 404 g/mol. The molecule has 6 heteroatoms. The molecule has 0 saturated heterocycles. The number of rotatable bonds is 6. The smallest absolute Gasteiger partial charge is 0.337 e. The van der Waals surface area contributed by atoms with Crippen molar-refractivity contribution in [3.05, 3.63) is 101 Å². The molecule has 0 aliphatic heterocycles. The first-order chi connectivity index (χ1) is 14.6. The van der Waals surface area contributed by atoms with Gasteiger partial charge in [-0.1, -0.05) is 61.5 Å². The monoisotopic (exact) mass is 404 g/mol. The SMILES string of the molecule is CCc1ccc2c(c1)C(=O)c1ccccc1C2(OO)OCC(=O)Oc1ccccc1. The lowest BCUT2D eigenvalue weighted by Gasteiger charge is -2.36. The van der Waals surface area contributed by atoms with E-state index in [2.05, 4.69) is 0 Å². The number of ketones is 1. The molecule has 4 rings (SSSR count). The highest BCUT2D eigenvalue weighted by molar-refractivity contribution is 6.13. The van der Waals surface area contributed by atoms with Crippen LogP contribution < -0.4 is 4.74 Å². The second-order valence-electron chi connectivity index (χ2n) is 6.89. The summed E-state index contributed by atoms with van der Waals surface area (Å²) in [6.45, 7) is 1.47. The van der Waals surface area contributed by atoms with Gasteiger partial charge in [0.25, 0.3) is 5.79 Å². The predicted octanol–water partition coefficient (Wildman–Crippen LogP) is 4.11. The molecule has 0 aromatic heterocycles. The van der Waals surface area contributed by atoms with Gasteiger partial charge in [-0.2, -0.15) is 4.89 Å². The number of carbonyl (C=O) groups excluding carboxylic acids is 2. The van der Waals surface area contributed by atoms with E-state index in [0.29, 0.717) is 28.0 Å². The molecule has 0 spiro atoms. The Hall–Kier alpha value is -3.32. The van der Waals surface area contributed by atoms with Crippen molar-refractivity contribution in [3.63, 3.8) is 0 Å². The Bertz CT molecular complexity index is 1090. The van der Waals surface area contributed by atoms with Gasteiger partial charge in [0.15, 0.2) is 5.78 Å². The van der Waals surface area contributed by atoms with Crippen LogP contribution in [0.15, 0.2) is 72.8 Å². The quantitative estimate of drug-likeness (QED) is 0.219. The van der Waals surface area contributed by atoms with Crippen LogP contribution in [0.2, 0.25) is 0 Å². The molecule has 0 amide bonds. The van der Waals surface area contributed by atoms with Crippen molar-refractivity contribution in [3.8, 4) is 5.75 Å². The Morgan fingerprint density at radius 2 is 1.63 bits per heavy atom. The van der Waals surface area contributed by atoms with E-state index in [1.54, 1.807) is 66.7 Å². The van der Waals surface area contributed by atoms with Gasteiger partial charge in [-0.3, -0.25) is 4.79 Å². The van der Waals surface area contributed by atoms with E-state index >= 15 is 0 Å². The molecule has 152 valence electrons. The van der Waals surface area contributed by atoms with Crippen LogP contribution in [0, 0.1) is 0 Å². The topological polar surface area (TPSA) is 82.1 Å². The van der Waals surface area contributed by atoms with Gasteiger partial charge in [0.1, 0.15) is 12.4 Å². The Morgan fingerprint density at radius 1 is 0.933 bits per heavy atom. The van der Waals surface area contributed by atoms with Crippen molar-refractivity contribution in [2.45, 2.75) is 19.1 Å². The van der Waals surface area contributed by atoms with Gasteiger partial charge in [-0.25, -0.2) is 10.1 Å². The molecule has 6 nitrogen and oxygen atoms in total. The third-order valence-corrected chi connectivity index (χ3v) is 5.11. The summed E-state index contributed by atoms with van der Waals surface area (Å²) in [7, 11) is 0. The lowest BCUT2D eigenvalue weighted by atomic mass is 9.79. The third kappa shape index (κ3) is 3.41. The number of benzene rings is 3. The average Bonchev–Trinajstić information content (AvgIpc) is 2.80. The fraction of sp³-hybridized carbons (Fsp3) is 0.167. The molecule has 1 atom stereocenters. The highest BCUT2D eigenvalue weighted by Crippen LogP contribution is 2.43. The van der Waals surface area contributed by atoms with Gasteiger partial charge in [0.05, 0.1) is 0 Å². The standard InChI is InChI=1S/C24H20O6/c1-2-16-12-13-21-19(14-16)23(26)18-10-6-7-11-20(18)24(21,30-27)28-15-22(25)29-17-8-4-3-5-9-17/h3-14,27H,2,15H2,1H3. The summed E-state index contributed by atoms with van der Waals surface area (Å²) < 4.78 is 11.1. The maximum atomic E-state index is 13.1. The van der Waals surface area contributed by atoms with E-state index in [9.17, 15) is 14.8 Å². The van der Waals surface area contributed by atoms with Gasteiger partial charge in [0, 0.05) is 22.3 Å². The van der Waals surface area contributed by atoms with Gasteiger partial charge in [0.2, 0.25) is 0 Å². The van der Waals surface area contributed by atoms with Gasteiger partial charge >= 0.3 is 5.97 Å². The summed E-state index contributed by atoms with van der Waals surface area (Å²) in [6, 6.07) is 20.5. The molecule has 1 aliphatic rings. The van der Waals surface area contributed by atoms with E-state index in [0.717, 1.165) is 12.0 Å². The number of fused-ring (bicyclic) bond motifs is 2. The highest BCUT2D eigenvalue weighted by atomic mass is 17.1. The van der Waals surface area contributed by atoms with Gasteiger partial charge in [-0.15, -0.1) is 0 Å². The number of ether oxygens (including phenoxy) is 2. The summed E-state index contributed by atoms with van der Waals surface area (Å²) in [5.74, 6) is -2.32. The van der Waals surface area contributed by atoms with Crippen molar-refractivity contribution < 1.29 is 29.2 Å². The number of hydrogen-bond donors (Lipinski definition) is 1. The molecule has 0 saturated carbocycles. The number of esters is 1. The first-order valence-electron chi connectivity index (χ1n) is 9.59. The number of para-hydroxylation sites is 1. The Labute approximate surface area is 173 Å². The minimum Gasteiger partial charge on any atom is -0.425 e. The van der Waals surface area contributed by atoms with Crippen LogP contribution >= 0.6 is 0 Å². The highest BCUT2D eigenvalue weighted by Gasteiger charge is 2.47. The van der Waals surface area contributed by atoms with Crippen LogP contribution in [0.4, 0.5) is 0 Å². The zero-order chi connectivity index (χ0) is 21.1. The van der Waals surface area contributed by atoms with Crippen LogP contribution in [0.5, 0.6) is 5.75 Å². The summed E-state index contributed by atoms with van der Waals surface area (Å²) >= 11 is 0. The molecular weight excluding hydrogens is 384 g/mol. The van der Waals surface area contributed by atoms with Crippen molar-refractivity contribution in [1.82, 2.24) is 0 Å². The lowest BCUT2D eigenvalue weighted by Crippen LogP contribution is -2.41. The van der Waals surface area contributed by atoms with E-state index in [4.69, 9.17) is 14.4 Å². The maximum Gasteiger partial charge on any atom is 0.337 e. The summed E-state index contributed by atoms with van der Waals surface area (Å²) in [6.07, 6.45) is 0.736.